The van der Waals surface area contributed by atoms with Crippen molar-refractivity contribution in [2.75, 3.05) is 13.9 Å². The van der Waals surface area contributed by atoms with Crippen LogP contribution in [0, 0.1) is 0 Å². The van der Waals surface area contributed by atoms with Gasteiger partial charge in [-0.05, 0) is 46.9 Å². The molecular weight excluding hydrogens is 430 g/mol. The molecule has 0 fully saturated rings. The van der Waals surface area contributed by atoms with Crippen LogP contribution < -0.4 is 23.5 Å². The summed E-state index contributed by atoms with van der Waals surface area (Å²) in [6.45, 7) is 1.06. The molecule has 0 N–H and O–H groups in total. The zero-order chi connectivity index (χ0) is 23.1. The smallest absolute Gasteiger partial charge is 0.336 e. The molecule has 0 bridgehead atoms. The highest BCUT2D eigenvalue weighted by Crippen LogP contribution is 2.41. The number of aromatic nitrogens is 1. The molecule has 0 radical (unpaired) electrons. The number of esters is 1. The highest BCUT2D eigenvalue weighted by atomic mass is 16.7. The van der Waals surface area contributed by atoms with E-state index in [1.54, 1.807) is 13.2 Å². The fraction of sp³-hybridized carbons (Fsp3) is 0.143. The first-order chi connectivity index (χ1) is 16.7. The van der Waals surface area contributed by atoms with Crippen LogP contribution in [0.15, 0.2) is 72.9 Å². The number of hydrogen-bond donors (Lipinski definition) is 0. The Balaban J connectivity index is 1.40. The second-order valence-corrected chi connectivity index (χ2v) is 8.23. The van der Waals surface area contributed by atoms with Gasteiger partial charge in [0.15, 0.2) is 35.7 Å². The van der Waals surface area contributed by atoms with Crippen LogP contribution in [0.4, 0.5) is 0 Å². The van der Waals surface area contributed by atoms with Gasteiger partial charge in [-0.3, -0.25) is 0 Å². The lowest BCUT2D eigenvalue weighted by Gasteiger charge is -2.17. The zero-order valence-electron chi connectivity index (χ0n) is 18.6. The van der Waals surface area contributed by atoms with Gasteiger partial charge in [0, 0.05) is 18.6 Å². The number of pyridine rings is 1. The Morgan fingerprint density at radius 2 is 1.85 bits per heavy atom. The van der Waals surface area contributed by atoms with E-state index in [4.69, 9.17) is 18.9 Å². The average Bonchev–Trinajstić information content (AvgIpc) is 3.33. The van der Waals surface area contributed by atoms with E-state index in [0.29, 0.717) is 11.5 Å². The Kier molecular flexibility index (Phi) is 4.91. The van der Waals surface area contributed by atoms with Crippen molar-refractivity contribution in [3.63, 3.8) is 0 Å². The van der Waals surface area contributed by atoms with Crippen LogP contribution in [0.25, 0.3) is 28.1 Å². The molecule has 4 aromatic rings. The predicted molar refractivity (Wildman–Crippen MR) is 127 cm³/mol. The number of methoxy groups -OCH3 is 1. The molecule has 0 spiro atoms. The highest BCUT2D eigenvalue weighted by Gasteiger charge is 2.28. The molecule has 0 unspecified atom stereocenters. The van der Waals surface area contributed by atoms with Gasteiger partial charge in [-0.1, -0.05) is 30.3 Å². The number of carbonyl (C=O) groups excluding carboxylic acids is 1. The van der Waals surface area contributed by atoms with Gasteiger partial charge in [0.25, 0.3) is 0 Å². The molecule has 3 aromatic carbocycles. The van der Waals surface area contributed by atoms with E-state index in [9.17, 15) is 4.79 Å². The van der Waals surface area contributed by atoms with Gasteiger partial charge in [-0.25, -0.2) is 4.79 Å². The lowest BCUT2D eigenvalue weighted by molar-refractivity contribution is -0.686. The topological polar surface area (TPSA) is 57.9 Å². The maximum Gasteiger partial charge on any atom is 0.336 e. The minimum absolute atomic E-state index is 0.253. The molecule has 0 saturated carbocycles. The first kappa shape index (κ1) is 20.3. The number of hydrogen-bond acceptors (Lipinski definition) is 5. The number of benzene rings is 3. The molecule has 34 heavy (non-hydrogen) atoms. The van der Waals surface area contributed by atoms with E-state index in [1.165, 1.54) is 11.6 Å². The third kappa shape index (κ3) is 3.53. The molecule has 0 amide bonds. The number of rotatable bonds is 4. The normalized spacial score (nSPS) is 13.6. The molecule has 3 heterocycles. The summed E-state index contributed by atoms with van der Waals surface area (Å²) in [6.07, 6.45) is 6.06. The van der Waals surface area contributed by atoms with Crippen LogP contribution >= 0.6 is 0 Å². The molecular formula is C28H22NO5+. The van der Waals surface area contributed by atoms with E-state index >= 15 is 0 Å². The van der Waals surface area contributed by atoms with Crippen molar-refractivity contribution in [1.82, 2.24) is 0 Å². The minimum atomic E-state index is -0.463. The van der Waals surface area contributed by atoms with Crippen LogP contribution in [0.3, 0.4) is 0 Å². The Morgan fingerprint density at radius 1 is 1.03 bits per heavy atom. The van der Waals surface area contributed by atoms with E-state index in [1.807, 2.05) is 54.7 Å². The number of ether oxygens (including phenoxy) is 4. The Hall–Kier alpha value is -4.32. The second kappa shape index (κ2) is 8.23. The van der Waals surface area contributed by atoms with Gasteiger partial charge in [0.2, 0.25) is 12.5 Å². The van der Waals surface area contributed by atoms with Gasteiger partial charge in [-0.15, -0.1) is 0 Å². The summed E-state index contributed by atoms with van der Waals surface area (Å²) in [5.41, 5.74) is 4.36. The van der Waals surface area contributed by atoms with Crippen LogP contribution in [-0.4, -0.2) is 19.9 Å². The van der Waals surface area contributed by atoms with Gasteiger partial charge in [-0.2, -0.15) is 4.57 Å². The number of fused-ring (bicyclic) bond motifs is 5. The summed E-state index contributed by atoms with van der Waals surface area (Å²) in [5.74, 6) is 2.02. The molecule has 0 aliphatic carbocycles. The predicted octanol–water partition coefficient (Wildman–Crippen LogP) is 4.71. The molecule has 0 atom stereocenters. The van der Waals surface area contributed by atoms with Gasteiger partial charge < -0.3 is 18.9 Å². The fourth-order valence-corrected chi connectivity index (χ4v) is 4.53. The quantitative estimate of drug-likeness (QED) is 0.194. The third-order valence-electron chi connectivity index (χ3n) is 6.21. The monoisotopic (exact) mass is 452 g/mol. The highest BCUT2D eigenvalue weighted by molar-refractivity contribution is 5.96. The summed E-state index contributed by atoms with van der Waals surface area (Å²) in [4.78, 5) is 12.7. The average molecular weight is 452 g/mol. The maximum absolute atomic E-state index is 12.7. The van der Waals surface area contributed by atoms with Crippen molar-refractivity contribution >= 4 is 22.8 Å². The summed E-state index contributed by atoms with van der Waals surface area (Å²) in [5, 5.41) is 1.76. The Labute approximate surface area is 196 Å². The minimum Gasteiger partial charge on any atom is -0.493 e. The number of aryl methyl sites for hydroxylation is 2. The molecule has 6 nitrogen and oxygen atoms in total. The number of nitrogens with zero attached hydrogens (tertiary/aromatic N) is 1. The molecule has 168 valence electrons. The van der Waals surface area contributed by atoms with Crippen LogP contribution in [0.2, 0.25) is 0 Å². The first-order valence-electron chi connectivity index (χ1n) is 11.1. The molecule has 0 saturated heterocycles. The Morgan fingerprint density at radius 3 is 2.68 bits per heavy atom. The number of carbonyl (C=O) groups is 1. The molecule has 2 aliphatic heterocycles. The largest absolute Gasteiger partial charge is 0.493 e. The molecule has 6 rings (SSSR count). The van der Waals surface area contributed by atoms with Gasteiger partial charge in [0.05, 0.1) is 18.1 Å². The van der Waals surface area contributed by atoms with Gasteiger partial charge in [0.1, 0.15) is 0 Å². The summed E-state index contributed by atoms with van der Waals surface area (Å²) in [7, 11) is 1.57. The maximum atomic E-state index is 12.7. The van der Waals surface area contributed by atoms with Crippen molar-refractivity contribution in [2.45, 2.75) is 13.0 Å². The van der Waals surface area contributed by atoms with Crippen molar-refractivity contribution in [3.05, 3.63) is 84.1 Å². The van der Waals surface area contributed by atoms with E-state index in [-0.39, 0.29) is 6.79 Å². The van der Waals surface area contributed by atoms with Crippen molar-refractivity contribution in [3.8, 4) is 34.3 Å². The summed E-state index contributed by atoms with van der Waals surface area (Å²) < 4.78 is 24.7. The summed E-state index contributed by atoms with van der Waals surface area (Å²) >= 11 is 0. The first-order valence-corrected chi connectivity index (χ1v) is 11.1. The van der Waals surface area contributed by atoms with Crippen molar-refractivity contribution in [2.24, 2.45) is 0 Å². The van der Waals surface area contributed by atoms with Gasteiger partial charge >= 0.3 is 5.97 Å². The fourth-order valence-electron chi connectivity index (χ4n) is 4.53. The standard InChI is InChI=1S/C28H22NO5/c1-31-24-9-8-19-13-23-21-15-26-25(32-17-33-26)14-20(21)11-12-29(23)16-22(19)28(24)34-27(30)10-7-18-5-3-2-4-6-18/h2-10,13-16H,11-12,17H2,1H3/q+1/b10-7+. The van der Waals surface area contributed by atoms with E-state index in [0.717, 1.165) is 52.1 Å². The van der Waals surface area contributed by atoms with Crippen LogP contribution in [0.1, 0.15) is 11.1 Å². The molecule has 6 heteroatoms. The van der Waals surface area contributed by atoms with Crippen LogP contribution in [-0.2, 0) is 17.8 Å². The summed E-state index contributed by atoms with van der Waals surface area (Å²) in [6, 6.07) is 19.7. The zero-order valence-corrected chi connectivity index (χ0v) is 18.6. The molecule has 2 aliphatic rings. The van der Waals surface area contributed by atoms with E-state index in [2.05, 4.69) is 16.7 Å². The van der Waals surface area contributed by atoms with E-state index < -0.39 is 5.97 Å². The van der Waals surface area contributed by atoms with Crippen molar-refractivity contribution in [1.29, 1.82) is 0 Å². The van der Waals surface area contributed by atoms with Crippen LogP contribution in [0.5, 0.6) is 23.0 Å². The lowest BCUT2D eigenvalue weighted by Crippen LogP contribution is -2.40. The second-order valence-electron chi connectivity index (χ2n) is 8.23. The molecule has 1 aromatic heterocycles. The Bertz CT molecular complexity index is 1460. The third-order valence-corrected chi connectivity index (χ3v) is 6.21. The SMILES string of the molecule is COc1ccc2cc3[n+](cc2c1OC(=O)/C=C/c1ccccc1)CCc1cc2c(cc1-3)OCO2. The lowest BCUT2D eigenvalue weighted by atomic mass is 9.95. The van der Waals surface area contributed by atoms with Crippen molar-refractivity contribution < 1.29 is 28.3 Å².